The fraction of sp³-hybridized carbons (Fsp3) is 0.316. The number of aryl methyl sites for hydroxylation is 1. The van der Waals surface area contributed by atoms with Crippen LogP contribution in [0.3, 0.4) is 0 Å². The molecule has 1 fully saturated rings. The predicted molar refractivity (Wildman–Crippen MR) is 93.3 cm³/mol. The van der Waals surface area contributed by atoms with E-state index < -0.39 is 0 Å². The smallest absolute Gasteiger partial charge is 0.259 e. The van der Waals surface area contributed by atoms with Crippen LogP contribution in [0.1, 0.15) is 24.2 Å². The van der Waals surface area contributed by atoms with Crippen molar-refractivity contribution < 1.29 is 9.26 Å². The molecular formula is C19H20N4O2. The zero-order chi connectivity index (χ0) is 17.1. The number of nitrogens with zero attached hydrogens (tertiary/aromatic N) is 4. The van der Waals surface area contributed by atoms with Crippen LogP contribution in [0.4, 0.5) is 0 Å². The first-order chi connectivity index (χ1) is 12.3. The van der Waals surface area contributed by atoms with Gasteiger partial charge in [-0.15, -0.1) is 0 Å². The molecule has 2 aromatic heterocycles. The third kappa shape index (κ3) is 3.85. The van der Waals surface area contributed by atoms with Gasteiger partial charge in [0.05, 0.1) is 5.56 Å². The third-order valence-electron chi connectivity index (χ3n) is 4.26. The SMILES string of the molecule is Cc1noc(-c2ccc(Oc3ccc(CN4CCCC4)cc3)nc2)n1. The molecule has 25 heavy (non-hydrogen) atoms. The highest BCUT2D eigenvalue weighted by Gasteiger charge is 2.12. The highest BCUT2D eigenvalue weighted by atomic mass is 16.5. The van der Waals surface area contributed by atoms with Crippen molar-refractivity contribution in [3.8, 4) is 23.1 Å². The number of hydrogen-bond acceptors (Lipinski definition) is 6. The maximum atomic E-state index is 5.81. The molecule has 0 unspecified atom stereocenters. The van der Waals surface area contributed by atoms with Gasteiger partial charge >= 0.3 is 0 Å². The summed E-state index contributed by atoms with van der Waals surface area (Å²) in [5.74, 6) is 2.37. The predicted octanol–water partition coefficient (Wildman–Crippen LogP) is 3.83. The molecule has 0 aliphatic carbocycles. The first-order valence-electron chi connectivity index (χ1n) is 8.52. The summed E-state index contributed by atoms with van der Waals surface area (Å²) < 4.78 is 10.9. The molecule has 0 N–H and O–H groups in total. The largest absolute Gasteiger partial charge is 0.439 e. The fourth-order valence-electron chi connectivity index (χ4n) is 2.96. The van der Waals surface area contributed by atoms with Crippen LogP contribution in [-0.4, -0.2) is 33.1 Å². The molecule has 0 spiro atoms. The Morgan fingerprint density at radius 1 is 1.08 bits per heavy atom. The Morgan fingerprint density at radius 3 is 2.52 bits per heavy atom. The average molecular weight is 336 g/mol. The van der Waals surface area contributed by atoms with Gasteiger partial charge in [0.1, 0.15) is 5.75 Å². The summed E-state index contributed by atoms with van der Waals surface area (Å²) in [6.07, 6.45) is 4.29. The molecule has 1 aliphatic heterocycles. The van der Waals surface area contributed by atoms with E-state index in [4.69, 9.17) is 9.26 Å². The Morgan fingerprint density at radius 2 is 1.88 bits per heavy atom. The minimum absolute atomic E-state index is 0.461. The molecule has 6 heteroatoms. The zero-order valence-corrected chi connectivity index (χ0v) is 14.2. The van der Waals surface area contributed by atoms with E-state index in [9.17, 15) is 0 Å². The van der Waals surface area contributed by atoms with E-state index in [1.54, 1.807) is 19.2 Å². The molecule has 1 aromatic carbocycles. The lowest BCUT2D eigenvalue weighted by Gasteiger charge is -2.14. The normalized spacial score (nSPS) is 14.8. The van der Waals surface area contributed by atoms with Crippen LogP contribution >= 0.6 is 0 Å². The van der Waals surface area contributed by atoms with Gasteiger partial charge in [0.15, 0.2) is 5.82 Å². The first-order valence-corrected chi connectivity index (χ1v) is 8.52. The molecule has 0 amide bonds. The van der Waals surface area contributed by atoms with E-state index >= 15 is 0 Å². The summed E-state index contributed by atoms with van der Waals surface area (Å²) in [4.78, 5) is 11.0. The first kappa shape index (κ1) is 15.8. The lowest BCUT2D eigenvalue weighted by Crippen LogP contribution is -2.18. The monoisotopic (exact) mass is 336 g/mol. The van der Waals surface area contributed by atoms with Crippen LogP contribution in [0.2, 0.25) is 0 Å². The zero-order valence-electron chi connectivity index (χ0n) is 14.2. The quantitative estimate of drug-likeness (QED) is 0.705. The Hall–Kier alpha value is -2.73. The molecule has 0 bridgehead atoms. The second-order valence-electron chi connectivity index (χ2n) is 6.26. The molecule has 3 heterocycles. The standard InChI is InChI=1S/C19H20N4O2/c1-14-21-19(25-22-14)16-6-9-18(20-12-16)24-17-7-4-15(5-8-17)13-23-10-2-3-11-23/h4-9,12H,2-3,10-11,13H2,1H3. The van der Waals surface area contributed by atoms with Crippen molar-refractivity contribution in [2.24, 2.45) is 0 Å². The van der Waals surface area contributed by atoms with Gasteiger partial charge in [0.2, 0.25) is 5.88 Å². The van der Waals surface area contributed by atoms with Crippen molar-refractivity contribution in [3.63, 3.8) is 0 Å². The van der Waals surface area contributed by atoms with Crippen LogP contribution in [0.15, 0.2) is 47.1 Å². The van der Waals surface area contributed by atoms with Gasteiger partial charge in [-0.25, -0.2) is 4.98 Å². The van der Waals surface area contributed by atoms with Crippen LogP contribution < -0.4 is 4.74 Å². The molecule has 0 radical (unpaired) electrons. The number of hydrogen-bond donors (Lipinski definition) is 0. The van der Waals surface area contributed by atoms with E-state index in [2.05, 4.69) is 32.2 Å². The highest BCUT2D eigenvalue weighted by Crippen LogP contribution is 2.23. The molecule has 0 saturated carbocycles. The lowest BCUT2D eigenvalue weighted by molar-refractivity contribution is 0.331. The molecule has 3 aromatic rings. The summed E-state index contributed by atoms with van der Waals surface area (Å²) in [6.45, 7) is 5.20. The van der Waals surface area contributed by atoms with Crippen LogP contribution in [-0.2, 0) is 6.54 Å². The average Bonchev–Trinajstić information content (AvgIpc) is 3.29. The molecule has 0 atom stereocenters. The second kappa shape index (κ2) is 7.03. The van der Waals surface area contributed by atoms with Crippen molar-refractivity contribution in [3.05, 3.63) is 54.0 Å². The van der Waals surface area contributed by atoms with Gasteiger partial charge in [-0.3, -0.25) is 4.90 Å². The maximum Gasteiger partial charge on any atom is 0.259 e. The summed E-state index contributed by atoms with van der Waals surface area (Å²) in [7, 11) is 0. The Kier molecular flexibility index (Phi) is 4.43. The lowest BCUT2D eigenvalue weighted by atomic mass is 10.2. The second-order valence-corrected chi connectivity index (χ2v) is 6.26. The molecule has 1 saturated heterocycles. The van der Waals surface area contributed by atoms with E-state index in [-0.39, 0.29) is 0 Å². The van der Waals surface area contributed by atoms with Crippen molar-refractivity contribution in [2.75, 3.05) is 13.1 Å². The van der Waals surface area contributed by atoms with Crippen LogP contribution in [0.25, 0.3) is 11.5 Å². The summed E-state index contributed by atoms with van der Waals surface area (Å²) in [5, 5.41) is 3.78. The summed E-state index contributed by atoms with van der Waals surface area (Å²) >= 11 is 0. The van der Waals surface area contributed by atoms with Crippen molar-refractivity contribution in [2.45, 2.75) is 26.3 Å². The van der Waals surface area contributed by atoms with E-state index in [0.717, 1.165) is 17.9 Å². The minimum Gasteiger partial charge on any atom is -0.439 e. The van der Waals surface area contributed by atoms with Crippen LogP contribution in [0.5, 0.6) is 11.6 Å². The number of rotatable bonds is 5. The number of ether oxygens (including phenoxy) is 1. The van der Waals surface area contributed by atoms with Gasteiger partial charge in [-0.1, -0.05) is 17.3 Å². The third-order valence-corrected chi connectivity index (χ3v) is 4.26. The maximum absolute atomic E-state index is 5.81. The number of aromatic nitrogens is 3. The van der Waals surface area contributed by atoms with Crippen molar-refractivity contribution >= 4 is 0 Å². The van der Waals surface area contributed by atoms with Crippen molar-refractivity contribution in [1.29, 1.82) is 0 Å². The molecular weight excluding hydrogens is 316 g/mol. The van der Waals surface area contributed by atoms with Gasteiger partial charge in [-0.05, 0) is 56.6 Å². The van der Waals surface area contributed by atoms with Gasteiger partial charge in [0, 0.05) is 18.8 Å². The van der Waals surface area contributed by atoms with Gasteiger partial charge < -0.3 is 9.26 Å². The number of pyridine rings is 1. The van der Waals surface area contributed by atoms with Crippen molar-refractivity contribution in [1.82, 2.24) is 20.0 Å². The van der Waals surface area contributed by atoms with E-state index in [0.29, 0.717) is 17.6 Å². The number of benzene rings is 1. The summed E-state index contributed by atoms with van der Waals surface area (Å²) in [5.41, 5.74) is 2.08. The van der Waals surface area contributed by atoms with Gasteiger partial charge in [0.25, 0.3) is 5.89 Å². The number of likely N-dealkylation sites (tertiary alicyclic amines) is 1. The Balaban J connectivity index is 1.39. The molecule has 128 valence electrons. The molecule has 6 nitrogen and oxygen atoms in total. The van der Waals surface area contributed by atoms with E-state index in [1.165, 1.54) is 31.5 Å². The van der Waals surface area contributed by atoms with Crippen LogP contribution in [0, 0.1) is 6.92 Å². The highest BCUT2D eigenvalue weighted by molar-refractivity contribution is 5.51. The van der Waals surface area contributed by atoms with E-state index in [1.807, 2.05) is 18.2 Å². The summed E-state index contributed by atoms with van der Waals surface area (Å²) in [6, 6.07) is 11.9. The molecule has 1 aliphatic rings. The molecule has 4 rings (SSSR count). The Labute approximate surface area is 146 Å². The topological polar surface area (TPSA) is 64.3 Å². The van der Waals surface area contributed by atoms with Gasteiger partial charge in [-0.2, -0.15) is 4.98 Å². The fourth-order valence-corrected chi connectivity index (χ4v) is 2.96. The minimum atomic E-state index is 0.461. The Bertz CT molecular complexity index is 821.